The van der Waals surface area contributed by atoms with Crippen molar-refractivity contribution in [2.75, 3.05) is 0 Å². The largest absolute Gasteiger partial charge is 0.483 e. The van der Waals surface area contributed by atoms with Crippen molar-refractivity contribution in [3.63, 3.8) is 0 Å². The number of rotatable bonds is 2. The van der Waals surface area contributed by atoms with Gasteiger partial charge in [-0.05, 0) is 67.8 Å². The normalized spacial score (nSPS) is 53.6. The maximum absolute atomic E-state index is 12.8. The molecule has 0 bridgehead atoms. The summed E-state index contributed by atoms with van der Waals surface area (Å²) >= 11 is 0. The van der Waals surface area contributed by atoms with E-state index in [9.17, 15) is 14.4 Å². The number of ketones is 2. The van der Waals surface area contributed by atoms with Gasteiger partial charge in [0, 0.05) is 30.6 Å². The Morgan fingerprint density at radius 1 is 1.07 bits per heavy atom. The van der Waals surface area contributed by atoms with Crippen LogP contribution in [0.15, 0.2) is 11.3 Å². The molecule has 3 unspecified atom stereocenters. The first kappa shape index (κ1) is 18.1. The molecule has 5 fully saturated rings. The molecule has 29 heavy (non-hydrogen) atoms. The van der Waals surface area contributed by atoms with Crippen molar-refractivity contribution >= 4 is 17.5 Å². The Morgan fingerprint density at radius 2 is 1.79 bits per heavy atom. The van der Waals surface area contributed by atoms with Crippen molar-refractivity contribution in [2.24, 2.45) is 40.4 Å². The fraction of sp³-hybridized carbons (Fsp3) is 0.792. The third-order valence-corrected chi connectivity index (χ3v) is 10.2. The van der Waals surface area contributed by atoms with Crippen LogP contribution >= 0.6 is 0 Å². The Hall–Kier alpha value is -1.65. The molecule has 1 heterocycles. The van der Waals surface area contributed by atoms with Gasteiger partial charge >= 0.3 is 5.97 Å². The molecule has 0 aromatic rings. The van der Waals surface area contributed by atoms with Crippen LogP contribution in [0.4, 0.5) is 0 Å². The molecule has 156 valence electrons. The van der Waals surface area contributed by atoms with Crippen LogP contribution in [0.25, 0.3) is 0 Å². The van der Waals surface area contributed by atoms with Gasteiger partial charge in [-0.2, -0.15) is 0 Å². The molecular weight excluding hydrogens is 368 g/mol. The van der Waals surface area contributed by atoms with E-state index < -0.39 is 5.60 Å². The monoisotopic (exact) mass is 398 g/mol. The second-order valence-electron chi connectivity index (χ2n) is 11.0. The maximum atomic E-state index is 12.8. The van der Waals surface area contributed by atoms with Gasteiger partial charge in [-0.3, -0.25) is 14.4 Å². The second-order valence-corrected chi connectivity index (χ2v) is 11.0. The molecule has 5 nitrogen and oxygen atoms in total. The van der Waals surface area contributed by atoms with Gasteiger partial charge in [0.05, 0.1) is 0 Å². The molecule has 0 aromatic carbocycles. The zero-order valence-corrected chi connectivity index (χ0v) is 17.7. The number of Topliss-reactive ketones (excluding diaryl/α,β-unsaturated/α-hetero) is 2. The topological polar surface area (TPSA) is 73.0 Å². The Bertz CT molecular complexity index is 903. The Kier molecular flexibility index (Phi) is 3.22. The van der Waals surface area contributed by atoms with Gasteiger partial charge in [0.25, 0.3) is 0 Å². The summed E-state index contributed by atoms with van der Waals surface area (Å²) in [7, 11) is 0. The minimum absolute atomic E-state index is 0.0168. The molecule has 9 atom stereocenters. The standard InChI is InChI=1S/C24H30O5/c1-11(25)24(29-12(2)26)8-6-14-19-15(5-7-22(14,24)3)23(4)16-9-13(16)18(27)10-17(23)20-21(19)28-20/h13-16,19,21H,5-10H2,1-4H3/t13-,14?,15?,16+,19?,21+,22+,23+,24+/m1/s1. The lowest BCUT2D eigenvalue weighted by molar-refractivity contribution is -0.187. The van der Waals surface area contributed by atoms with E-state index in [-0.39, 0.29) is 34.6 Å². The lowest BCUT2D eigenvalue weighted by atomic mass is 9.46. The number of ether oxygens (including phenoxy) is 2. The van der Waals surface area contributed by atoms with Crippen LogP contribution < -0.4 is 0 Å². The zero-order valence-electron chi connectivity index (χ0n) is 17.7. The first-order chi connectivity index (χ1) is 13.6. The molecule has 0 amide bonds. The molecule has 0 spiro atoms. The number of hydrogen-bond acceptors (Lipinski definition) is 5. The molecule has 0 radical (unpaired) electrons. The smallest absolute Gasteiger partial charge is 0.303 e. The average Bonchev–Trinajstić information content (AvgIpc) is 3.54. The van der Waals surface area contributed by atoms with Crippen LogP contribution in [0.5, 0.6) is 0 Å². The predicted molar refractivity (Wildman–Crippen MR) is 103 cm³/mol. The van der Waals surface area contributed by atoms with Gasteiger partial charge < -0.3 is 9.47 Å². The van der Waals surface area contributed by atoms with E-state index in [1.807, 2.05) is 0 Å². The Morgan fingerprint density at radius 3 is 2.48 bits per heavy atom. The molecule has 6 aliphatic rings. The molecule has 5 heteroatoms. The summed E-state index contributed by atoms with van der Waals surface area (Å²) in [6.07, 6.45) is 5.14. The van der Waals surface area contributed by atoms with Crippen molar-refractivity contribution in [3.05, 3.63) is 11.3 Å². The molecule has 4 saturated carbocycles. The molecule has 1 aliphatic heterocycles. The van der Waals surface area contributed by atoms with Gasteiger partial charge in [0.1, 0.15) is 11.5 Å². The highest BCUT2D eigenvalue weighted by atomic mass is 16.6. The van der Waals surface area contributed by atoms with E-state index >= 15 is 0 Å². The van der Waals surface area contributed by atoms with Crippen molar-refractivity contribution in [1.82, 2.24) is 0 Å². The molecule has 0 N–H and O–H groups in total. The number of carbonyl (C=O) groups excluding carboxylic acids is 3. The van der Waals surface area contributed by atoms with Crippen LogP contribution in [0.2, 0.25) is 0 Å². The third kappa shape index (κ3) is 1.91. The predicted octanol–water partition coefficient (Wildman–Crippen LogP) is 3.60. The molecule has 1 saturated heterocycles. The summed E-state index contributed by atoms with van der Waals surface area (Å²) in [5, 5.41) is 0. The van der Waals surface area contributed by atoms with E-state index in [0.29, 0.717) is 42.3 Å². The zero-order chi connectivity index (χ0) is 20.5. The molecule has 5 aliphatic carbocycles. The van der Waals surface area contributed by atoms with E-state index in [2.05, 4.69) is 13.8 Å². The minimum atomic E-state index is -1.00. The maximum Gasteiger partial charge on any atom is 0.303 e. The number of hydrogen-bond donors (Lipinski definition) is 0. The van der Waals surface area contributed by atoms with Crippen molar-refractivity contribution in [3.8, 4) is 0 Å². The van der Waals surface area contributed by atoms with Crippen molar-refractivity contribution in [2.45, 2.75) is 77.9 Å². The summed E-state index contributed by atoms with van der Waals surface area (Å²) in [5.74, 6) is 3.02. The first-order valence-corrected chi connectivity index (χ1v) is 11.3. The van der Waals surface area contributed by atoms with Crippen LogP contribution in [0.3, 0.4) is 0 Å². The van der Waals surface area contributed by atoms with Crippen LogP contribution in [-0.4, -0.2) is 29.2 Å². The van der Waals surface area contributed by atoms with Gasteiger partial charge in [-0.1, -0.05) is 13.8 Å². The summed E-state index contributed by atoms with van der Waals surface area (Å²) in [5.41, 5.74) is 0.0192. The highest BCUT2D eigenvalue weighted by Crippen LogP contribution is 2.75. The lowest BCUT2D eigenvalue weighted by Crippen LogP contribution is -2.59. The summed E-state index contributed by atoms with van der Waals surface area (Å²) in [4.78, 5) is 37.3. The van der Waals surface area contributed by atoms with E-state index in [1.54, 1.807) is 6.92 Å². The minimum Gasteiger partial charge on any atom is -0.483 e. The summed E-state index contributed by atoms with van der Waals surface area (Å²) < 4.78 is 12.0. The number of fused-ring (bicyclic) bond motifs is 9. The van der Waals surface area contributed by atoms with E-state index in [0.717, 1.165) is 31.4 Å². The highest BCUT2D eigenvalue weighted by molar-refractivity contribution is 5.90. The Balaban J connectivity index is 1.43. The van der Waals surface area contributed by atoms with Gasteiger partial charge in [-0.15, -0.1) is 0 Å². The summed E-state index contributed by atoms with van der Waals surface area (Å²) in [6.45, 7) is 7.57. The number of esters is 1. The molecule has 0 aromatic heterocycles. The van der Waals surface area contributed by atoms with Crippen LogP contribution in [0, 0.1) is 40.4 Å². The van der Waals surface area contributed by atoms with Crippen LogP contribution in [-0.2, 0) is 23.9 Å². The first-order valence-electron chi connectivity index (χ1n) is 11.3. The van der Waals surface area contributed by atoms with Crippen molar-refractivity contribution < 1.29 is 23.9 Å². The third-order valence-electron chi connectivity index (χ3n) is 10.2. The molecular formula is C24H30O5. The summed E-state index contributed by atoms with van der Waals surface area (Å²) in [6, 6.07) is 0. The SMILES string of the molecule is CC(=O)O[C@]1(C(C)=O)CCC2C3C(CC[C@@]21C)[C@]1(C)C(=C2O[C@H]23)CC(=O)[C@@H]2C[C@@H]21. The van der Waals surface area contributed by atoms with Gasteiger partial charge in [-0.25, -0.2) is 0 Å². The fourth-order valence-corrected chi connectivity index (χ4v) is 8.76. The average molecular weight is 398 g/mol. The van der Waals surface area contributed by atoms with Gasteiger partial charge in [0.2, 0.25) is 0 Å². The second kappa shape index (κ2) is 5.15. The number of carbonyl (C=O) groups is 3. The molecule has 6 rings (SSSR count). The van der Waals surface area contributed by atoms with E-state index in [4.69, 9.17) is 9.47 Å². The van der Waals surface area contributed by atoms with Crippen molar-refractivity contribution in [1.29, 1.82) is 0 Å². The Labute approximate surface area is 171 Å². The quantitative estimate of drug-likeness (QED) is 0.525. The van der Waals surface area contributed by atoms with Crippen LogP contribution in [0.1, 0.15) is 66.2 Å². The lowest BCUT2D eigenvalue weighted by Gasteiger charge is -2.57. The fourth-order valence-electron chi connectivity index (χ4n) is 8.76. The van der Waals surface area contributed by atoms with Gasteiger partial charge in [0.15, 0.2) is 17.5 Å². The number of allylic oxidation sites excluding steroid dienone is 1. The highest BCUT2D eigenvalue weighted by Gasteiger charge is 2.75. The number of epoxide rings is 1. The van der Waals surface area contributed by atoms with E-state index in [1.165, 1.54) is 12.5 Å².